The van der Waals surface area contributed by atoms with Crippen molar-refractivity contribution in [3.63, 3.8) is 0 Å². The van der Waals surface area contributed by atoms with Gasteiger partial charge >= 0.3 is 0 Å². The molecule has 0 aromatic carbocycles. The number of carbonyl (C=O) groups excluding carboxylic acids is 1. The Morgan fingerprint density at radius 1 is 1.25 bits per heavy atom. The third-order valence-electron chi connectivity index (χ3n) is 3.50. The molecule has 2 aliphatic rings. The molecule has 3 heteroatoms. The number of amides is 1. The molecule has 2 saturated heterocycles. The molecule has 2 heterocycles. The molecule has 2 fully saturated rings. The molecule has 0 radical (unpaired) electrons. The van der Waals surface area contributed by atoms with Crippen LogP contribution in [0.25, 0.3) is 0 Å². The Kier molecular flexibility index (Phi) is 3.84. The first-order valence-electron chi connectivity index (χ1n) is 6.25. The Labute approximate surface area is 97.8 Å². The first-order valence-corrected chi connectivity index (χ1v) is 6.25. The average Bonchev–Trinajstić information content (AvgIpc) is 2.87. The van der Waals surface area contributed by atoms with Crippen LogP contribution in [0.2, 0.25) is 0 Å². The van der Waals surface area contributed by atoms with Crippen LogP contribution in [0.1, 0.15) is 32.6 Å². The predicted octanol–water partition coefficient (Wildman–Crippen LogP) is 1.10. The Morgan fingerprint density at radius 2 is 1.94 bits per heavy atom. The van der Waals surface area contributed by atoms with E-state index in [1.807, 2.05) is 4.90 Å². The summed E-state index contributed by atoms with van der Waals surface area (Å²) in [6.45, 7) is 5.97. The minimum Gasteiger partial charge on any atom is -0.329 e. The van der Waals surface area contributed by atoms with Gasteiger partial charge in [0.2, 0.25) is 5.91 Å². The average molecular weight is 220 g/mol. The van der Waals surface area contributed by atoms with Crippen molar-refractivity contribution in [3.8, 4) is 11.8 Å². The van der Waals surface area contributed by atoms with Gasteiger partial charge in [0.15, 0.2) is 0 Å². The normalized spacial score (nSPS) is 25.9. The van der Waals surface area contributed by atoms with E-state index >= 15 is 0 Å². The zero-order chi connectivity index (χ0) is 11.4. The highest BCUT2D eigenvalue weighted by Gasteiger charge is 2.26. The summed E-state index contributed by atoms with van der Waals surface area (Å²) in [5.41, 5.74) is 0. The van der Waals surface area contributed by atoms with Crippen LogP contribution in [0.3, 0.4) is 0 Å². The van der Waals surface area contributed by atoms with Crippen LogP contribution < -0.4 is 0 Å². The molecule has 2 rings (SSSR count). The standard InChI is InChI=1S/C13H20N2O/c1-12-6-7-13(16)15(12)11-5-4-10-14-8-2-3-9-14/h12H,2-3,6-11H2,1H3. The van der Waals surface area contributed by atoms with Crippen LogP contribution in [0, 0.1) is 11.8 Å². The molecule has 0 spiro atoms. The van der Waals surface area contributed by atoms with Crippen molar-refractivity contribution in [2.75, 3.05) is 26.2 Å². The van der Waals surface area contributed by atoms with Gasteiger partial charge in [0.1, 0.15) is 0 Å². The number of rotatable bonds is 2. The molecule has 0 aromatic rings. The smallest absolute Gasteiger partial charge is 0.223 e. The molecular formula is C13H20N2O. The second-order valence-electron chi connectivity index (χ2n) is 4.75. The molecule has 3 nitrogen and oxygen atoms in total. The van der Waals surface area contributed by atoms with E-state index in [-0.39, 0.29) is 5.91 Å². The van der Waals surface area contributed by atoms with E-state index in [4.69, 9.17) is 0 Å². The lowest BCUT2D eigenvalue weighted by Crippen LogP contribution is -2.31. The van der Waals surface area contributed by atoms with E-state index in [1.54, 1.807) is 0 Å². The first kappa shape index (κ1) is 11.5. The third-order valence-corrected chi connectivity index (χ3v) is 3.50. The quantitative estimate of drug-likeness (QED) is 0.651. The topological polar surface area (TPSA) is 23.6 Å². The third kappa shape index (κ3) is 2.76. The molecule has 1 unspecified atom stereocenters. The van der Waals surface area contributed by atoms with Gasteiger partial charge < -0.3 is 4.90 Å². The van der Waals surface area contributed by atoms with Crippen LogP contribution in [0.4, 0.5) is 0 Å². The highest BCUT2D eigenvalue weighted by atomic mass is 16.2. The highest BCUT2D eigenvalue weighted by Crippen LogP contribution is 2.16. The van der Waals surface area contributed by atoms with Gasteiger partial charge in [-0.25, -0.2) is 0 Å². The summed E-state index contributed by atoms with van der Waals surface area (Å²) in [6, 6.07) is 0.383. The summed E-state index contributed by atoms with van der Waals surface area (Å²) in [6.07, 6.45) is 4.31. The maximum absolute atomic E-state index is 11.5. The van der Waals surface area contributed by atoms with Crippen LogP contribution in [-0.2, 0) is 4.79 Å². The van der Waals surface area contributed by atoms with E-state index in [1.165, 1.54) is 25.9 Å². The minimum atomic E-state index is 0.267. The summed E-state index contributed by atoms with van der Waals surface area (Å²) >= 11 is 0. The molecule has 16 heavy (non-hydrogen) atoms. The van der Waals surface area contributed by atoms with Gasteiger partial charge in [-0.1, -0.05) is 11.8 Å². The van der Waals surface area contributed by atoms with E-state index in [0.717, 1.165) is 13.0 Å². The van der Waals surface area contributed by atoms with Crippen molar-refractivity contribution < 1.29 is 4.79 Å². The molecule has 0 aliphatic carbocycles. The van der Waals surface area contributed by atoms with E-state index in [9.17, 15) is 4.79 Å². The molecule has 0 bridgehead atoms. The fourth-order valence-corrected chi connectivity index (χ4v) is 2.37. The summed E-state index contributed by atoms with van der Waals surface area (Å²) in [7, 11) is 0. The van der Waals surface area contributed by atoms with Crippen molar-refractivity contribution in [2.24, 2.45) is 0 Å². The monoisotopic (exact) mass is 220 g/mol. The molecule has 2 aliphatic heterocycles. The summed E-state index contributed by atoms with van der Waals surface area (Å²) in [4.78, 5) is 15.8. The number of hydrogen-bond acceptors (Lipinski definition) is 2. The molecule has 0 saturated carbocycles. The van der Waals surface area contributed by atoms with Gasteiger partial charge in [0.25, 0.3) is 0 Å². The van der Waals surface area contributed by atoms with Gasteiger partial charge in [-0.15, -0.1) is 0 Å². The summed E-state index contributed by atoms with van der Waals surface area (Å²) in [5, 5.41) is 0. The van der Waals surface area contributed by atoms with Crippen LogP contribution in [0.15, 0.2) is 0 Å². The van der Waals surface area contributed by atoms with Gasteiger partial charge in [-0.3, -0.25) is 9.69 Å². The zero-order valence-corrected chi connectivity index (χ0v) is 10.0. The summed E-state index contributed by atoms with van der Waals surface area (Å²) in [5.74, 6) is 6.57. The molecule has 0 N–H and O–H groups in total. The lowest BCUT2D eigenvalue weighted by molar-refractivity contribution is -0.128. The number of nitrogens with zero attached hydrogens (tertiary/aromatic N) is 2. The molecular weight excluding hydrogens is 200 g/mol. The van der Waals surface area contributed by atoms with Crippen molar-refractivity contribution in [3.05, 3.63) is 0 Å². The maximum Gasteiger partial charge on any atom is 0.223 e. The van der Waals surface area contributed by atoms with Crippen LogP contribution >= 0.6 is 0 Å². The molecule has 1 amide bonds. The fraction of sp³-hybridized carbons (Fsp3) is 0.769. The van der Waals surface area contributed by atoms with Crippen molar-refractivity contribution >= 4 is 5.91 Å². The van der Waals surface area contributed by atoms with E-state index < -0.39 is 0 Å². The van der Waals surface area contributed by atoms with Gasteiger partial charge in [0, 0.05) is 12.5 Å². The predicted molar refractivity (Wildman–Crippen MR) is 63.9 cm³/mol. The second-order valence-corrected chi connectivity index (χ2v) is 4.75. The van der Waals surface area contributed by atoms with Gasteiger partial charge in [-0.05, 0) is 39.3 Å². The van der Waals surface area contributed by atoms with Gasteiger partial charge in [-0.2, -0.15) is 0 Å². The number of hydrogen-bond donors (Lipinski definition) is 0. The van der Waals surface area contributed by atoms with Crippen LogP contribution in [0.5, 0.6) is 0 Å². The Bertz CT molecular complexity index is 310. The lowest BCUT2D eigenvalue weighted by Gasteiger charge is -2.18. The lowest BCUT2D eigenvalue weighted by atomic mass is 10.2. The van der Waals surface area contributed by atoms with Crippen molar-refractivity contribution in [1.82, 2.24) is 9.80 Å². The molecule has 88 valence electrons. The van der Waals surface area contributed by atoms with Crippen LogP contribution in [-0.4, -0.2) is 47.9 Å². The van der Waals surface area contributed by atoms with E-state index in [0.29, 0.717) is 19.0 Å². The maximum atomic E-state index is 11.5. The summed E-state index contributed by atoms with van der Waals surface area (Å²) < 4.78 is 0. The Hall–Kier alpha value is -1.01. The van der Waals surface area contributed by atoms with Crippen molar-refractivity contribution in [1.29, 1.82) is 0 Å². The Morgan fingerprint density at radius 3 is 2.56 bits per heavy atom. The van der Waals surface area contributed by atoms with Crippen molar-refractivity contribution in [2.45, 2.75) is 38.6 Å². The second kappa shape index (κ2) is 5.36. The largest absolute Gasteiger partial charge is 0.329 e. The van der Waals surface area contributed by atoms with E-state index in [2.05, 4.69) is 23.7 Å². The molecule has 1 atom stereocenters. The fourth-order valence-electron chi connectivity index (χ4n) is 2.37. The van der Waals surface area contributed by atoms with Gasteiger partial charge in [0.05, 0.1) is 13.1 Å². The zero-order valence-electron chi connectivity index (χ0n) is 10.0. The molecule has 0 aromatic heterocycles. The highest BCUT2D eigenvalue weighted by molar-refractivity contribution is 5.78. The number of likely N-dealkylation sites (tertiary alicyclic amines) is 2. The minimum absolute atomic E-state index is 0.267. The Balaban J connectivity index is 1.73. The first-order chi connectivity index (χ1) is 7.77. The SMILES string of the molecule is CC1CCC(=O)N1CC#CCN1CCCC1. The number of carbonyl (C=O) groups is 1.